The number of rotatable bonds is 5. The number of hydrogen-bond donors (Lipinski definition) is 0. The molecule has 2 amide bonds. The number of carbonyl (C=O) groups excluding carboxylic acids is 2. The van der Waals surface area contributed by atoms with E-state index in [2.05, 4.69) is 0 Å². The molecule has 0 fully saturated rings. The molecule has 3 rings (SSSR count). The van der Waals surface area contributed by atoms with E-state index in [4.69, 9.17) is 16.3 Å². The van der Waals surface area contributed by atoms with Crippen LogP contribution in [-0.2, 0) is 14.3 Å². The molecule has 0 aromatic heterocycles. The lowest BCUT2D eigenvalue weighted by Crippen LogP contribution is -2.32. The van der Waals surface area contributed by atoms with Gasteiger partial charge in [-0.05, 0) is 37.1 Å². The van der Waals surface area contributed by atoms with E-state index in [9.17, 15) is 9.59 Å². The zero-order chi connectivity index (χ0) is 19.4. The maximum Gasteiger partial charge on any atom is 0.268 e. The summed E-state index contributed by atoms with van der Waals surface area (Å²) in [5, 5.41) is 0.407. The van der Waals surface area contributed by atoms with Crippen LogP contribution >= 0.6 is 11.6 Å². The molecule has 0 saturated heterocycles. The normalized spacial score (nSPS) is 15.9. The number of fused-ring (bicyclic) bond motifs is 1. The molecule has 0 unspecified atom stereocenters. The molecular formula is C21H21ClN2O3. The number of methoxy groups -OCH3 is 1. The second kappa shape index (κ2) is 8.37. The fraction of sp³-hybridized carbons (Fsp3) is 0.238. The van der Waals surface area contributed by atoms with Crippen molar-refractivity contribution in [1.29, 1.82) is 0 Å². The minimum Gasteiger partial charge on any atom is -0.385 e. The summed E-state index contributed by atoms with van der Waals surface area (Å²) in [6, 6.07) is 14.5. The molecule has 140 valence electrons. The number of nitrogens with zero attached hydrogens (tertiary/aromatic N) is 2. The predicted octanol–water partition coefficient (Wildman–Crippen LogP) is 4.33. The van der Waals surface area contributed by atoms with Crippen molar-refractivity contribution in [2.45, 2.75) is 12.8 Å². The highest BCUT2D eigenvalue weighted by molar-refractivity contribution is 6.39. The first-order chi connectivity index (χ1) is 13.1. The summed E-state index contributed by atoms with van der Waals surface area (Å²) in [5.74, 6) is -0.735. The molecule has 0 bridgehead atoms. The Balaban J connectivity index is 2.15. The molecule has 27 heavy (non-hydrogen) atoms. The average Bonchev–Trinajstić information content (AvgIpc) is 2.76. The first kappa shape index (κ1) is 19.1. The van der Waals surface area contributed by atoms with Crippen LogP contribution < -0.4 is 9.80 Å². The maximum atomic E-state index is 13.4. The van der Waals surface area contributed by atoms with E-state index in [0.717, 1.165) is 6.42 Å². The van der Waals surface area contributed by atoms with Crippen molar-refractivity contribution >= 4 is 40.5 Å². The molecule has 1 aliphatic heterocycles. The molecule has 0 N–H and O–H groups in total. The monoisotopic (exact) mass is 384 g/mol. The SMILES string of the molecule is COCCC/C=C1/C(=O)N(C)c2cccc(Cl)c2N(c2ccccc2)C1=O. The number of carbonyl (C=O) groups is 2. The van der Waals surface area contributed by atoms with Crippen molar-refractivity contribution in [3.05, 3.63) is 65.2 Å². The third-order valence-corrected chi connectivity index (χ3v) is 4.74. The van der Waals surface area contributed by atoms with Crippen LogP contribution in [0.2, 0.25) is 5.02 Å². The van der Waals surface area contributed by atoms with E-state index in [-0.39, 0.29) is 17.4 Å². The molecular weight excluding hydrogens is 364 g/mol. The second-order valence-corrected chi connectivity index (χ2v) is 6.61. The number of anilines is 3. The van der Waals surface area contributed by atoms with Gasteiger partial charge in [0.25, 0.3) is 11.8 Å². The molecule has 6 heteroatoms. The number of benzene rings is 2. The largest absolute Gasteiger partial charge is 0.385 e. The van der Waals surface area contributed by atoms with Gasteiger partial charge in [0.15, 0.2) is 0 Å². The molecule has 0 radical (unpaired) electrons. The number of halogens is 1. The van der Waals surface area contributed by atoms with Crippen molar-refractivity contribution in [1.82, 2.24) is 0 Å². The Morgan fingerprint density at radius 1 is 1.04 bits per heavy atom. The lowest BCUT2D eigenvalue weighted by Gasteiger charge is -2.24. The average molecular weight is 385 g/mol. The Hall–Kier alpha value is -2.63. The number of allylic oxidation sites excluding steroid dienone is 1. The fourth-order valence-corrected chi connectivity index (χ4v) is 3.33. The van der Waals surface area contributed by atoms with Gasteiger partial charge in [0.05, 0.1) is 16.4 Å². The molecule has 0 atom stereocenters. The molecule has 0 saturated carbocycles. The standard InChI is InChI=1S/C21H21ClN2O3/c1-23-18-13-8-12-17(22)19(18)24(15-9-4-3-5-10-15)21(26)16(20(23)25)11-6-7-14-27-2/h3-5,8-13H,6-7,14H2,1-2H3/b16-11-. The van der Waals surface area contributed by atoms with Crippen molar-refractivity contribution in [2.75, 3.05) is 30.6 Å². The zero-order valence-corrected chi connectivity index (χ0v) is 16.1. The Morgan fingerprint density at radius 3 is 2.48 bits per heavy atom. The van der Waals surface area contributed by atoms with Gasteiger partial charge in [-0.2, -0.15) is 0 Å². The number of amides is 2. The van der Waals surface area contributed by atoms with Crippen LogP contribution in [0.25, 0.3) is 0 Å². The zero-order valence-electron chi connectivity index (χ0n) is 15.3. The van der Waals surface area contributed by atoms with E-state index in [1.54, 1.807) is 38.4 Å². The van der Waals surface area contributed by atoms with E-state index in [1.165, 1.54) is 9.80 Å². The Morgan fingerprint density at radius 2 is 1.78 bits per heavy atom. The van der Waals surface area contributed by atoms with Crippen LogP contribution in [0.4, 0.5) is 17.1 Å². The summed E-state index contributed by atoms with van der Waals surface area (Å²) < 4.78 is 5.05. The van der Waals surface area contributed by atoms with Crippen molar-refractivity contribution in [2.24, 2.45) is 0 Å². The summed E-state index contributed by atoms with van der Waals surface area (Å²) in [4.78, 5) is 29.4. The topological polar surface area (TPSA) is 49.9 Å². The van der Waals surface area contributed by atoms with Crippen LogP contribution in [-0.4, -0.2) is 32.6 Å². The predicted molar refractivity (Wildman–Crippen MR) is 108 cm³/mol. The van der Waals surface area contributed by atoms with Gasteiger partial charge in [0, 0.05) is 26.5 Å². The second-order valence-electron chi connectivity index (χ2n) is 6.20. The Bertz CT molecular complexity index is 880. The molecule has 0 spiro atoms. The molecule has 1 heterocycles. The highest BCUT2D eigenvalue weighted by Crippen LogP contribution is 2.43. The van der Waals surface area contributed by atoms with Gasteiger partial charge < -0.3 is 9.64 Å². The highest BCUT2D eigenvalue weighted by Gasteiger charge is 2.36. The Labute approximate surface area is 163 Å². The molecule has 2 aromatic carbocycles. The van der Waals surface area contributed by atoms with Crippen molar-refractivity contribution in [3.8, 4) is 0 Å². The lowest BCUT2D eigenvalue weighted by atomic mass is 10.1. The minimum absolute atomic E-state index is 0.129. The number of likely N-dealkylation sites (N-methyl/N-ethyl adjacent to an activating group) is 1. The van der Waals surface area contributed by atoms with E-state index < -0.39 is 0 Å². The summed E-state index contributed by atoms with van der Waals surface area (Å²) in [6.07, 6.45) is 2.99. The van der Waals surface area contributed by atoms with Gasteiger partial charge in [-0.25, -0.2) is 0 Å². The number of hydrogen-bond acceptors (Lipinski definition) is 3. The van der Waals surface area contributed by atoms with Crippen LogP contribution in [0.1, 0.15) is 12.8 Å². The molecule has 5 nitrogen and oxygen atoms in total. The summed E-state index contributed by atoms with van der Waals surface area (Å²) in [6.45, 7) is 0.566. The summed E-state index contributed by atoms with van der Waals surface area (Å²) in [7, 11) is 3.28. The van der Waals surface area contributed by atoms with Gasteiger partial charge in [-0.3, -0.25) is 14.5 Å². The smallest absolute Gasteiger partial charge is 0.268 e. The number of para-hydroxylation sites is 2. The quantitative estimate of drug-likeness (QED) is 0.438. The van der Waals surface area contributed by atoms with Crippen LogP contribution in [0, 0.1) is 0 Å². The van der Waals surface area contributed by atoms with E-state index >= 15 is 0 Å². The minimum atomic E-state index is -0.387. The van der Waals surface area contributed by atoms with Gasteiger partial charge in [0.2, 0.25) is 0 Å². The van der Waals surface area contributed by atoms with Gasteiger partial charge in [-0.1, -0.05) is 41.9 Å². The maximum absolute atomic E-state index is 13.4. The fourth-order valence-electron chi connectivity index (χ4n) is 3.07. The van der Waals surface area contributed by atoms with Gasteiger partial charge >= 0.3 is 0 Å². The molecule has 1 aliphatic rings. The van der Waals surface area contributed by atoms with Crippen LogP contribution in [0.3, 0.4) is 0 Å². The van der Waals surface area contributed by atoms with E-state index in [0.29, 0.717) is 35.1 Å². The Kier molecular flexibility index (Phi) is 5.94. The third kappa shape index (κ3) is 3.75. The van der Waals surface area contributed by atoms with Crippen LogP contribution in [0.15, 0.2) is 60.2 Å². The van der Waals surface area contributed by atoms with Crippen LogP contribution in [0.5, 0.6) is 0 Å². The van der Waals surface area contributed by atoms with Crippen molar-refractivity contribution in [3.63, 3.8) is 0 Å². The van der Waals surface area contributed by atoms with Gasteiger partial charge in [0.1, 0.15) is 5.57 Å². The highest BCUT2D eigenvalue weighted by atomic mass is 35.5. The summed E-state index contributed by atoms with van der Waals surface area (Å²) >= 11 is 6.46. The molecule has 2 aromatic rings. The first-order valence-corrected chi connectivity index (χ1v) is 9.09. The number of unbranched alkanes of at least 4 members (excludes halogenated alkanes) is 1. The van der Waals surface area contributed by atoms with E-state index in [1.807, 2.05) is 30.3 Å². The lowest BCUT2D eigenvalue weighted by molar-refractivity contribution is -0.120. The number of ether oxygens (including phenoxy) is 1. The van der Waals surface area contributed by atoms with Gasteiger partial charge in [-0.15, -0.1) is 0 Å². The third-order valence-electron chi connectivity index (χ3n) is 4.43. The van der Waals surface area contributed by atoms with Crippen molar-refractivity contribution < 1.29 is 14.3 Å². The summed E-state index contributed by atoms with van der Waals surface area (Å²) in [5.41, 5.74) is 1.88. The first-order valence-electron chi connectivity index (χ1n) is 8.71. The molecule has 0 aliphatic carbocycles.